The van der Waals surface area contributed by atoms with Gasteiger partial charge in [-0.3, -0.25) is 4.72 Å². The number of alkyl halides is 1. The van der Waals surface area contributed by atoms with E-state index in [1.165, 1.54) is 6.07 Å². The first-order valence-corrected chi connectivity index (χ1v) is 13.7. The van der Waals surface area contributed by atoms with Gasteiger partial charge in [-0.15, -0.1) is 0 Å². The second-order valence-electron chi connectivity index (χ2n) is 5.62. The Bertz CT molecular complexity index is 615. The van der Waals surface area contributed by atoms with Crippen LogP contribution in [0, 0.1) is 5.82 Å². The average Bonchev–Trinajstić information content (AvgIpc) is 2.50. The van der Waals surface area contributed by atoms with Gasteiger partial charge in [-0.05, 0) is 35.8 Å². The maximum absolute atomic E-state index is 13.8. The van der Waals surface area contributed by atoms with Gasteiger partial charge in [0.2, 0.25) is 10.0 Å². The fourth-order valence-electron chi connectivity index (χ4n) is 2.51. The van der Waals surface area contributed by atoms with E-state index >= 15 is 0 Å². The smallest absolute Gasteiger partial charge is 0.229 e. The van der Waals surface area contributed by atoms with Crippen LogP contribution in [0.25, 0.3) is 0 Å². The van der Waals surface area contributed by atoms with Crippen LogP contribution in [0.2, 0.25) is 18.1 Å². The van der Waals surface area contributed by atoms with Crippen LogP contribution in [-0.2, 0) is 14.4 Å². The number of sulfonamides is 1. The summed E-state index contributed by atoms with van der Waals surface area (Å²) in [6.45, 7) is 6.47. The molecule has 0 spiro atoms. The summed E-state index contributed by atoms with van der Waals surface area (Å²) >= 11 is 2.26. The quantitative estimate of drug-likeness (QED) is 0.322. The Labute approximate surface area is 153 Å². The van der Waals surface area contributed by atoms with Crippen molar-refractivity contribution in [1.82, 2.24) is 0 Å². The van der Waals surface area contributed by atoms with Crippen molar-refractivity contribution in [3.63, 3.8) is 0 Å². The van der Waals surface area contributed by atoms with Crippen molar-refractivity contribution in [1.29, 1.82) is 0 Å². The minimum absolute atomic E-state index is 0.0276. The summed E-state index contributed by atoms with van der Waals surface area (Å²) in [5, 5.41) is 0. The molecule has 0 heterocycles. The fourth-order valence-corrected chi connectivity index (χ4v) is 6.92. The van der Waals surface area contributed by atoms with Gasteiger partial charge in [0, 0.05) is 4.43 Å². The molecule has 0 aliphatic rings. The molecule has 1 unspecified atom stereocenters. The van der Waals surface area contributed by atoms with Gasteiger partial charge in [-0.1, -0.05) is 49.4 Å². The number of rotatable bonds is 9. The van der Waals surface area contributed by atoms with E-state index in [0.717, 1.165) is 34.4 Å². The summed E-state index contributed by atoms with van der Waals surface area (Å²) in [5.74, 6) is -0.587. The highest BCUT2D eigenvalue weighted by molar-refractivity contribution is 14.1. The Balaban J connectivity index is 3.14. The predicted octanol–water partition coefficient (Wildman–Crippen LogP) is 4.70. The van der Waals surface area contributed by atoms with Crippen LogP contribution in [-0.4, -0.2) is 27.4 Å². The lowest BCUT2D eigenvalue weighted by atomic mass is 10.1. The monoisotopic (exact) mass is 473 g/mol. The molecule has 0 saturated carbocycles. The summed E-state index contributed by atoms with van der Waals surface area (Å²) in [7, 11) is -5.32. The van der Waals surface area contributed by atoms with Gasteiger partial charge in [0.25, 0.3) is 0 Å². The zero-order chi connectivity index (χ0) is 17.7. The number of benzene rings is 1. The van der Waals surface area contributed by atoms with Gasteiger partial charge < -0.3 is 4.43 Å². The first-order chi connectivity index (χ1) is 10.7. The molecule has 8 heteroatoms. The second kappa shape index (κ2) is 8.77. The molecule has 23 heavy (non-hydrogen) atoms. The number of hydrogen-bond donors (Lipinski definition) is 1. The Morgan fingerprint density at radius 3 is 2.26 bits per heavy atom. The van der Waals surface area contributed by atoms with Gasteiger partial charge in [0.05, 0.1) is 18.0 Å². The van der Waals surface area contributed by atoms with E-state index in [1.54, 1.807) is 12.1 Å². The summed E-state index contributed by atoms with van der Waals surface area (Å²) in [6.07, 6.45) is 0.858. The lowest BCUT2D eigenvalue weighted by Gasteiger charge is -2.33. The highest BCUT2D eigenvalue weighted by Crippen LogP contribution is 2.32. The minimum atomic E-state index is -3.52. The van der Waals surface area contributed by atoms with Crippen LogP contribution in [0.3, 0.4) is 0 Å². The molecule has 0 bridgehead atoms. The standard InChI is InChI=1S/C15H25FINO3SSi/c1-5-23(6-2,7-3)21-15(11-17)12-8-9-13(16)14(10-12)18-22(4,19)20/h8-10,15,18H,5-7,11H2,1-4H3. The number of hydrogen-bond acceptors (Lipinski definition) is 3. The summed E-state index contributed by atoms with van der Waals surface area (Å²) in [4.78, 5) is 0. The topological polar surface area (TPSA) is 55.4 Å². The zero-order valence-corrected chi connectivity index (χ0v) is 18.0. The van der Waals surface area contributed by atoms with E-state index in [1.807, 2.05) is 0 Å². The van der Waals surface area contributed by atoms with Crippen LogP contribution in [0.15, 0.2) is 18.2 Å². The second-order valence-corrected chi connectivity index (χ2v) is 13.0. The summed E-state index contributed by atoms with van der Waals surface area (Å²) < 4.78 is 46.0. The van der Waals surface area contributed by atoms with E-state index in [2.05, 4.69) is 48.1 Å². The van der Waals surface area contributed by atoms with Crippen LogP contribution in [0.5, 0.6) is 0 Å². The van der Waals surface area contributed by atoms with E-state index in [0.29, 0.717) is 0 Å². The molecule has 4 nitrogen and oxygen atoms in total. The molecular weight excluding hydrogens is 448 g/mol. The fraction of sp³-hybridized carbons (Fsp3) is 0.600. The maximum atomic E-state index is 13.8. The molecule has 0 aliphatic heterocycles. The Hall–Kier alpha value is -0.193. The third-order valence-corrected chi connectivity index (χ3v) is 10.2. The van der Waals surface area contributed by atoms with E-state index < -0.39 is 24.2 Å². The molecule has 1 N–H and O–H groups in total. The molecule has 1 rings (SSSR count). The average molecular weight is 473 g/mol. The van der Waals surface area contributed by atoms with Crippen LogP contribution >= 0.6 is 22.6 Å². The largest absolute Gasteiger partial charge is 0.409 e. The molecule has 0 amide bonds. The van der Waals surface area contributed by atoms with E-state index in [4.69, 9.17) is 4.43 Å². The molecule has 132 valence electrons. The molecular formula is C15H25FINO3SSi. The highest BCUT2D eigenvalue weighted by atomic mass is 127. The van der Waals surface area contributed by atoms with Gasteiger partial charge in [-0.25, -0.2) is 12.8 Å². The lowest BCUT2D eigenvalue weighted by molar-refractivity contribution is 0.217. The van der Waals surface area contributed by atoms with E-state index in [-0.39, 0.29) is 11.8 Å². The zero-order valence-electron chi connectivity index (χ0n) is 14.0. The molecule has 0 aliphatic carbocycles. The van der Waals surface area contributed by atoms with Crippen molar-refractivity contribution in [2.45, 2.75) is 45.0 Å². The molecule has 1 aromatic carbocycles. The van der Waals surface area contributed by atoms with Gasteiger partial charge >= 0.3 is 0 Å². The number of nitrogens with one attached hydrogen (secondary N) is 1. The molecule has 1 aromatic rings. The Morgan fingerprint density at radius 1 is 1.26 bits per heavy atom. The maximum Gasteiger partial charge on any atom is 0.229 e. The Morgan fingerprint density at radius 2 is 1.83 bits per heavy atom. The van der Waals surface area contributed by atoms with Gasteiger partial charge in [-0.2, -0.15) is 0 Å². The van der Waals surface area contributed by atoms with Crippen LogP contribution in [0.4, 0.5) is 10.1 Å². The predicted molar refractivity (Wildman–Crippen MR) is 105 cm³/mol. The molecule has 0 fully saturated rings. The first kappa shape index (κ1) is 20.9. The van der Waals surface area contributed by atoms with Crippen molar-refractivity contribution >= 4 is 46.6 Å². The summed E-state index contributed by atoms with van der Waals surface area (Å²) in [5.41, 5.74) is 0.777. The molecule has 0 radical (unpaired) electrons. The summed E-state index contributed by atoms with van der Waals surface area (Å²) in [6, 6.07) is 7.60. The number of anilines is 1. The van der Waals surface area contributed by atoms with Crippen molar-refractivity contribution < 1.29 is 17.2 Å². The molecule has 1 atom stereocenters. The third kappa shape index (κ3) is 5.99. The van der Waals surface area contributed by atoms with Crippen molar-refractivity contribution in [2.75, 3.05) is 15.4 Å². The third-order valence-electron chi connectivity index (χ3n) is 4.12. The van der Waals surface area contributed by atoms with Crippen molar-refractivity contribution in [2.24, 2.45) is 0 Å². The first-order valence-electron chi connectivity index (χ1n) is 7.71. The van der Waals surface area contributed by atoms with Crippen molar-refractivity contribution in [3.05, 3.63) is 29.6 Å². The lowest BCUT2D eigenvalue weighted by Crippen LogP contribution is -2.37. The van der Waals surface area contributed by atoms with E-state index in [9.17, 15) is 12.8 Å². The van der Waals surface area contributed by atoms with Crippen LogP contribution in [0.1, 0.15) is 32.4 Å². The minimum Gasteiger partial charge on any atom is -0.409 e. The molecule has 0 saturated heterocycles. The van der Waals surface area contributed by atoms with Gasteiger partial charge in [0.1, 0.15) is 5.82 Å². The number of halogens is 2. The Kier molecular flexibility index (Phi) is 7.95. The SMILES string of the molecule is CC[Si](CC)(CC)OC(CI)c1ccc(F)c(NS(C)(=O)=O)c1. The normalized spacial score (nSPS) is 13.8. The van der Waals surface area contributed by atoms with Crippen LogP contribution < -0.4 is 4.72 Å². The highest BCUT2D eigenvalue weighted by Gasteiger charge is 2.32. The molecule has 0 aromatic heterocycles. The van der Waals surface area contributed by atoms with Gasteiger partial charge in [0.15, 0.2) is 8.32 Å². The van der Waals surface area contributed by atoms with Crippen molar-refractivity contribution in [3.8, 4) is 0 Å².